The lowest BCUT2D eigenvalue weighted by Gasteiger charge is -2.25. The molecule has 0 unspecified atom stereocenters. The minimum atomic E-state index is -0.673. The van der Waals surface area contributed by atoms with Crippen molar-refractivity contribution in [1.82, 2.24) is 0 Å². The van der Waals surface area contributed by atoms with E-state index in [1.165, 1.54) is 17.0 Å². The summed E-state index contributed by atoms with van der Waals surface area (Å²) in [5.74, 6) is -0.888. The number of hydrogen-bond donors (Lipinski definition) is 1. The van der Waals surface area contributed by atoms with E-state index in [9.17, 15) is 19.2 Å². The van der Waals surface area contributed by atoms with E-state index < -0.39 is 18.5 Å². The van der Waals surface area contributed by atoms with Crippen molar-refractivity contribution in [3.8, 4) is 5.75 Å². The summed E-state index contributed by atoms with van der Waals surface area (Å²) in [6, 6.07) is 12.9. The number of rotatable bonds is 6. The molecule has 0 spiro atoms. The number of nitrogens with zero attached hydrogens (tertiary/aromatic N) is 1. The molecule has 2 aromatic carbocycles. The predicted octanol–water partition coefficient (Wildman–Crippen LogP) is 3.42. The molecule has 1 aliphatic carbocycles. The highest BCUT2D eigenvalue weighted by Crippen LogP contribution is 2.42. The number of benzene rings is 2. The van der Waals surface area contributed by atoms with Crippen LogP contribution in [0.2, 0.25) is 0 Å². The van der Waals surface area contributed by atoms with E-state index in [1.807, 2.05) is 0 Å². The van der Waals surface area contributed by atoms with Crippen molar-refractivity contribution in [3.05, 3.63) is 54.1 Å². The highest BCUT2D eigenvalue weighted by Gasteiger charge is 2.49. The van der Waals surface area contributed by atoms with E-state index >= 15 is 0 Å². The van der Waals surface area contributed by atoms with Gasteiger partial charge < -0.3 is 14.8 Å². The number of nitrogens with one attached hydrogen (secondary N) is 1. The summed E-state index contributed by atoms with van der Waals surface area (Å²) in [7, 11) is 1.55. The molecule has 2 aromatic rings. The van der Waals surface area contributed by atoms with Gasteiger partial charge in [0.15, 0.2) is 6.61 Å². The number of ether oxygens (including phenoxy) is 2. The number of imide groups is 1. The third kappa shape index (κ3) is 4.74. The van der Waals surface area contributed by atoms with Gasteiger partial charge in [-0.15, -0.1) is 0 Å². The second-order valence-corrected chi connectivity index (χ2v) is 8.54. The molecule has 2 aliphatic rings. The quantitative estimate of drug-likeness (QED) is 0.535. The van der Waals surface area contributed by atoms with Crippen LogP contribution >= 0.6 is 0 Å². The summed E-state index contributed by atoms with van der Waals surface area (Å²) in [4.78, 5) is 51.3. The van der Waals surface area contributed by atoms with Crippen LogP contribution in [0.1, 0.15) is 36.5 Å². The van der Waals surface area contributed by atoms with Crippen LogP contribution in [0.5, 0.6) is 5.75 Å². The fourth-order valence-corrected chi connectivity index (χ4v) is 4.48. The molecule has 3 amide bonds. The van der Waals surface area contributed by atoms with Crippen LogP contribution < -0.4 is 15.0 Å². The summed E-state index contributed by atoms with van der Waals surface area (Å²) in [5, 5.41) is 2.63. The first-order valence-electron chi connectivity index (χ1n) is 11.0. The molecule has 1 saturated carbocycles. The standard InChI is InChI=1S/C25H26N2O6/c1-15-3-12-20-21(13-15)24(30)27(23(20)29)18-8-4-16(5-9-18)25(31)33-14-22(28)26-17-6-10-19(32-2)11-7-17/h4-11,15,20-21H,3,12-14H2,1-2H3,(H,26,28)/t15-,20-,21-/m1/s1. The van der Waals surface area contributed by atoms with Gasteiger partial charge in [0.05, 0.1) is 30.2 Å². The highest BCUT2D eigenvalue weighted by atomic mass is 16.5. The number of amides is 3. The number of carbonyl (C=O) groups is 4. The Kier molecular flexibility index (Phi) is 6.44. The van der Waals surface area contributed by atoms with Crippen molar-refractivity contribution in [2.45, 2.75) is 26.2 Å². The van der Waals surface area contributed by atoms with Crippen LogP contribution in [0.25, 0.3) is 0 Å². The molecule has 8 heteroatoms. The molecule has 0 aromatic heterocycles. The maximum absolute atomic E-state index is 12.8. The Bertz CT molecular complexity index is 1060. The predicted molar refractivity (Wildman–Crippen MR) is 121 cm³/mol. The van der Waals surface area contributed by atoms with Gasteiger partial charge in [-0.2, -0.15) is 0 Å². The maximum Gasteiger partial charge on any atom is 0.338 e. The molecule has 4 rings (SSSR count). The zero-order valence-electron chi connectivity index (χ0n) is 18.6. The van der Waals surface area contributed by atoms with Crippen LogP contribution in [-0.4, -0.2) is 37.4 Å². The number of esters is 1. The Morgan fingerprint density at radius 3 is 2.30 bits per heavy atom. The third-order valence-electron chi connectivity index (χ3n) is 6.26. The Morgan fingerprint density at radius 2 is 1.64 bits per heavy atom. The molecular weight excluding hydrogens is 424 g/mol. The van der Waals surface area contributed by atoms with E-state index in [-0.39, 0.29) is 29.2 Å². The number of anilines is 2. The lowest BCUT2D eigenvalue weighted by atomic mass is 9.76. The zero-order valence-corrected chi connectivity index (χ0v) is 18.6. The van der Waals surface area contributed by atoms with E-state index in [4.69, 9.17) is 9.47 Å². The fraction of sp³-hybridized carbons (Fsp3) is 0.360. The average Bonchev–Trinajstić information content (AvgIpc) is 3.07. The van der Waals surface area contributed by atoms with Gasteiger partial charge in [-0.25, -0.2) is 4.79 Å². The van der Waals surface area contributed by atoms with Crippen LogP contribution in [0.4, 0.5) is 11.4 Å². The number of fused-ring (bicyclic) bond motifs is 1. The minimum absolute atomic E-state index is 0.164. The molecule has 0 bridgehead atoms. The highest BCUT2D eigenvalue weighted by molar-refractivity contribution is 6.22. The molecule has 1 aliphatic heterocycles. The Hall–Kier alpha value is -3.68. The second-order valence-electron chi connectivity index (χ2n) is 8.54. The van der Waals surface area contributed by atoms with Crippen LogP contribution in [0.15, 0.2) is 48.5 Å². The molecule has 1 N–H and O–H groups in total. The van der Waals surface area contributed by atoms with Crippen molar-refractivity contribution in [1.29, 1.82) is 0 Å². The monoisotopic (exact) mass is 450 g/mol. The second kappa shape index (κ2) is 9.44. The van der Waals surface area contributed by atoms with Crippen LogP contribution in [0.3, 0.4) is 0 Å². The van der Waals surface area contributed by atoms with E-state index in [0.29, 0.717) is 23.0 Å². The van der Waals surface area contributed by atoms with Gasteiger partial charge in [0.2, 0.25) is 11.8 Å². The normalized spacial score (nSPS) is 22.0. The van der Waals surface area contributed by atoms with Gasteiger partial charge in [0, 0.05) is 5.69 Å². The van der Waals surface area contributed by atoms with Crippen LogP contribution in [-0.2, 0) is 19.1 Å². The van der Waals surface area contributed by atoms with Crippen molar-refractivity contribution in [2.75, 3.05) is 23.9 Å². The molecule has 172 valence electrons. The fourth-order valence-electron chi connectivity index (χ4n) is 4.48. The summed E-state index contributed by atoms with van der Waals surface area (Å²) in [6.07, 6.45) is 2.41. The largest absolute Gasteiger partial charge is 0.497 e. The SMILES string of the molecule is COc1ccc(NC(=O)COC(=O)c2ccc(N3C(=O)[C@@H]4CC[C@@H](C)C[C@H]4C3=O)cc2)cc1. The van der Waals surface area contributed by atoms with Crippen molar-refractivity contribution >= 4 is 35.1 Å². The van der Waals surface area contributed by atoms with Crippen molar-refractivity contribution < 1.29 is 28.7 Å². The van der Waals surface area contributed by atoms with Gasteiger partial charge in [-0.05, 0) is 73.7 Å². The molecular formula is C25H26N2O6. The Labute approximate surface area is 191 Å². The number of methoxy groups -OCH3 is 1. The van der Waals surface area contributed by atoms with Crippen LogP contribution in [0, 0.1) is 17.8 Å². The third-order valence-corrected chi connectivity index (χ3v) is 6.26. The van der Waals surface area contributed by atoms with Gasteiger partial charge in [0.25, 0.3) is 5.91 Å². The molecule has 33 heavy (non-hydrogen) atoms. The summed E-state index contributed by atoms with van der Waals surface area (Å²) >= 11 is 0. The van der Waals surface area contributed by atoms with E-state index in [2.05, 4.69) is 12.2 Å². The molecule has 2 fully saturated rings. The first-order valence-corrected chi connectivity index (χ1v) is 11.0. The lowest BCUT2D eigenvalue weighted by Crippen LogP contribution is -2.30. The van der Waals surface area contributed by atoms with Gasteiger partial charge in [-0.1, -0.05) is 6.92 Å². The topological polar surface area (TPSA) is 102 Å². The number of carbonyl (C=O) groups excluding carboxylic acids is 4. The van der Waals surface area contributed by atoms with E-state index in [1.54, 1.807) is 43.5 Å². The molecule has 3 atom stereocenters. The Morgan fingerprint density at radius 1 is 0.970 bits per heavy atom. The minimum Gasteiger partial charge on any atom is -0.497 e. The first-order chi connectivity index (χ1) is 15.9. The molecule has 8 nitrogen and oxygen atoms in total. The van der Waals surface area contributed by atoms with Gasteiger partial charge in [-0.3, -0.25) is 19.3 Å². The average molecular weight is 450 g/mol. The van der Waals surface area contributed by atoms with Gasteiger partial charge in [0.1, 0.15) is 5.75 Å². The smallest absolute Gasteiger partial charge is 0.338 e. The molecule has 1 heterocycles. The molecule has 0 radical (unpaired) electrons. The summed E-state index contributed by atoms with van der Waals surface area (Å²) in [5.41, 5.74) is 1.22. The lowest BCUT2D eigenvalue weighted by molar-refractivity contribution is -0.122. The zero-order chi connectivity index (χ0) is 23.5. The van der Waals surface area contributed by atoms with Crippen molar-refractivity contribution in [2.24, 2.45) is 17.8 Å². The Balaban J connectivity index is 1.34. The molecule has 1 saturated heterocycles. The first kappa shape index (κ1) is 22.5. The van der Waals surface area contributed by atoms with E-state index in [0.717, 1.165) is 19.3 Å². The van der Waals surface area contributed by atoms with Gasteiger partial charge >= 0.3 is 5.97 Å². The maximum atomic E-state index is 12.8. The van der Waals surface area contributed by atoms with Crippen molar-refractivity contribution in [3.63, 3.8) is 0 Å². The summed E-state index contributed by atoms with van der Waals surface area (Å²) < 4.78 is 10.1. The number of hydrogen-bond acceptors (Lipinski definition) is 6. The summed E-state index contributed by atoms with van der Waals surface area (Å²) in [6.45, 7) is 1.66.